The molecule has 0 radical (unpaired) electrons. The fourth-order valence-electron chi connectivity index (χ4n) is 3.96. The molecule has 1 atom stereocenters. The van der Waals surface area contributed by atoms with Gasteiger partial charge in [-0.1, -0.05) is 42.5 Å². The summed E-state index contributed by atoms with van der Waals surface area (Å²) in [7, 11) is 0. The molecule has 0 aliphatic heterocycles. The Kier molecular flexibility index (Phi) is 4.60. The molecule has 1 heterocycles. The number of benzene rings is 3. The molecule has 3 nitrogen and oxygen atoms in total. The van der Waals surface area contributed by atoms with Gasteiger partial charge in [0.2, 0.25) is 0 Å². The van der Waals surface area contributed by atoms with E-state index in [9.17, 15) is 4.39 Å². The minimum atomic E-state index is -0.243. The van der Waals surface area contributed by atoms with E-state index < -0.39 is 0 Å². The standard InChI is InChI=1S/C25H21FN2O/c26-19-11-8-17(9-12-19)16-29-24-7-3-6-22-21(24)13-15-25(27-22)28-23-14-10-18-4-1-2-5-20(18)23/h1-9,11-13,15,23H,10,14,16H2,(H,27,28). The average molecular weight is 384 g/mol. The van der Waals surface area contributed by atoms with E-state index in [-0.39, 0.29) is 5.82 Å². The minimum Gasteiger partial charge on any atom is -0.488 e. The van der Waals surface area contributed by atoms with Crippen molar-refractivity contribution in [1.29, 1.82) is 0 Å². The number of fused-ring (bicyclic) bond motifs is 2. The molecule has 0 saturated heterocycles. The second-order valence-electron chi connectivity index (χ2n) is 7.37. The van der Waals surface area contributed by atoms with Crippen LogP contribution in [-0.4, -0.2) is 4.98 Å². The quantitative estimate of drug-likeness (QED) is 0.455. The molecular weight excluding hydrogens is 363 g/mol. The zero-order valence-corrected chi connectivity index (χ0v) is 15.9. The van der Waals surface area contributed by atoms with Crippen LogP contribution in [0, 0.1) is 5.82 Å². The minimum absolute atomic E-state index is 0.243. The summed E-state index contributed by atoms with van der Waals surface area (Å²) in [6.45, 7) is 0.387. The molecule has 0 spiro atoms. The first-order valence-electron chi connectivity index (χ1n) is 9.88. The summed E-state index contributed by atoms with van der Waals surface area (Å²) in [4.78, 5) is 4.80. The number of pyridine rings is 1. The number of aromatic nitrogens is 1. The van der Waals surface area contributed by atoms with Crippen molar-refractivity contribution in [2.24, 2.45) is 0 Å². The SMILES string of the molecule is Fc1ccc(COc2cccc3nc(NC4CCc5ccccc54)ccc23)cc1. The molecule has 4 aromatic rings. The van der Waals surface area contributed by atoms with Gasteiger partial charge in [-0.3, -0.25) is 0 Å². The van der Waals surface area contributed by atoms with Gasteiger partial charge in [0, 0.05) is 5.39 Å². The number of aryl methyl sites for hydroxylation is 1. The summed E-state index contributed by atoms with van der Waals surface area (Å²) < 4.78 is 19.1. The molecule has 0 fully saturated rings. The van der Waals surface area contributed by atoms with Gasteiger partial charge < -0.3 is 10.1 Å². The van der Waals surface area contributed by atoms with E-state index in [1.807, 2.05) is 30.3 Å². The number of ether oxygens (including phenoxy) is 1. The maximum Gasteiger partial charge on any atom is 0.129 e. The third kappa shape index (κ3) is 3.66. The first-order chi connectivity index (χ1) is 14.3. The number of nitrogens with one attached hydrogen (secondary N) is 1. The second kappa shape index (κ2) is 7.55. The van der Waals surface area contributed by atoms with Crippen LogP contribution in [0.3, 0.4) is 0 Å². The molecule has 0 amide bonds. The highest BCUT2D eigenvalue weighted by molar-refractivity contribution is 5.86. The van der Waals surface area contributed by atoms with E-state index in [1.54, 1.807) is 12.1 Å². The van der Waals surface area contributed by atoms with Gasteiger partial charge in [0.25, 0.3) is 0 Å². The smallest absolute Gasteiger partial charge is 0.129 e. The Bertz CT molecular complexity index is 1160. The first-order valence-corrected chi connectivity index (χ1v) is 9.88. The summed E-state index contributed by atoms with van der Waals surface area (Å²) in [6, 6.07) is 25.2. The van der Waals surface area contributed by atoms with Crippen molar-refractivity contribution >= 4 is 16.7 Å². The predicted octanol–water partition coefficient (Wildman–Crippen LogP) is 6.05. The van der Waals surface area contributed by atoms with Crippen LogP contribution in [-0.2, 0) is 13.0 Å². The Balaban J connectivity index is 1.35. The molecule has 29 heavy (non-hydrogen) atoms. The van der Waals surface area contributed by atoms with Crippen molar-refractivity contribution < 1.29 is 9.13 Å². The number of hydrogen-bond donors (Lipinski definition) is 1. The number of rotatable bonds is 5. The monoisotopic (exact) mass is 384 g/mol. The molecule has 144 valence electrons. The van der Waals surface area contributed by atoms with Crippen LogP contribution in [0.15, 0.2) is 78.9 Å². The Morgan fingerprint density at radius 1 is 0.931 bits per heavy atom. The normalized spacial score (nSPS) is 15.3. The fourth-order valence-corrected chi connectivity index (χ4v) is 3.96. The third-order valence-electron chi connectivity index (χ3n) is 5.45. The van der Waals surface area contributed by atoms with E-state index in [2.05, 4.69) is 29.6 Å². The maximum atomic E-state index is 13.1. The molecule has 4 heteroatoms. The summed E-state index contributed by atoms with van der Waals surface area (Å²) in [6.07, 6.45) is 2.18. The number of hydrogen-bond acceptors (Lipinski definition) is 3. The fraction of sp³-hybridized carbons (Fsp3) is 0.160. The van der Waals surface area contributed by atoms with Crippen LogP contribution in [0.2, 0.25) is 0 Å². The lowest BCUT2D eigenvalue weighted by molar-refractivity contribution is 0.310. The van der Waals surface area contributed by atoms with Crippen LogP contribution in [0.25, 0.3) is 10.9 Å². The molecular formula is C25H21FN2O. The average Bonchev–Trinajstić information content (AvgIpc) is 3.16. The zero-order chi connectivity index (χ0) is 19.6. The Hall–Kier alpha value is -3.40. The van der Waals surface area contributed by atoms with Gasteiger partial charge in [-0.05, 0) is 65.9 Å². The Morgan fingerprint density at radius 2 is 1.79 bits per heavy atom. The maximum absolute atomic E-state index is 13.1. The molecule has 1 N–H and O–H groups in total. The molecule has 5 rings (SSSR count). The van der Waals surface area contributed by atoms with Crippen molar-refractivity contribution in [3.05, 3.63) is 101 Å². The number of anilines is 1. The van der Waals surface area contributed by atoms with Crippen molar-refractivity contribution in [2.75, 3.05) is 5.32 Å². The summed E-state index contributed by atoms with van der Waals surface area (Å²) in [5.41, 5.74) is 4.60. The van der Waals surface area contributed by atoms with Crippen LogP contribution >= 0.6 is 0 Å². The van der Waals surface area contributed by atoms with Gasteiger partial charge in [0.15, 0.2) is 0 Å². The van der Waals surface area contributed by atoms with Crippen LogP contribution in [0.5, 0.6) is 5.75 Å². The lowest BCUT2D eigenvalue weighted by atomic mass is 10.1. The molecule has 1 aliphatic rings. The second-order valence-corrected chi connectivity index (χ2v) is 7.37. The van der Waals surface area contributed by atoms with E-state index in [0.29, 0.717) is 12.6 Å². The van der Waals surface area contributed by atoms with Crippen LogP contribution in [0.4, 0.5) is 10.2 Å². The Labute approximate surface area is 169 Å². The summed E-state index contributed by atoms with van der Waals surface area (Å²) in [5.74, 6) is 1.40. The molecule has 0 saturated carbocycles. The lowest BCUT2D eigenvalue weighted by Crippen LogP contribution is -2.08. The molecule has 0 bridgehead atoms. The van der Waals surface area contributed by atoms with Gasteiger partial charge in [-0.15, -0.1) is 0 Å². The van der Waals surface area contributed by atoms with E-state index in [0.717, 1.165) is 40.9 Å². The highest BCUT2D eigenvalue weighted by Gasteiger charge is 2.22. The molecule has 1 aliphatic carbocycles. The third-order valence-corrected chi connectivity index (χ3v) is 5.45. The van der Waals surface area contributed by atoms with Crippen molar-refractivity contribution in [3.63, 3.8) is 0 Å². The molecule has 3 aromatic carbocycles. The first kappa shape index (κ1) is 17.7. The lowest BCUT2D eigenvalue weighted by Gasteiger charge is -2.16. The van der Waals surface area contributed by atoms with Crippen LogP contribution in [0.1, 0.15) is 29.2 Å². The van der Waals surface area contributed by atoms with Crippen molar-refractivity contribution in [3.8, 4) is 5.75 Å². The highest BCUT2D eigenvalue weighted by atomic mass is 19.1. The number of halogens is 1. The highest BCUT2D eigenvalue weighted by Crippen LogP contribution is 2.34. The Morgan fingerprint density at radius 3 is 2.69 bits per heavy atom. The van der Waals surface area contributed by atoms with Crippen LogP contribution < -0.4 is 10.1 Å². The topological polar surface area (TPSA) is 34.1 Å². The van der Waals surface area contributed by atoms with Gasteiger partial charge in [0.05, 0.1) is 11.6 Å². The number of nitrogens with zero attached hydrogens (tertiary/aromatic N) is 1. The predicted molar refractivity (Wildman–Crippen MR) is 114 cm³/mol. The van der Waals surface area contributed by atoms with Crippen molar-refractivity contribution in [1.82, 2.24) is 4.98 Å². The van der Waals surface area contributed by atoms with Gasteiger partial charge in [0.1, 0.15) is 24.0 Å². The summed E-state index contributed by atoms with van der Waals surface area (Å²) in [5, 5.41) is 4.55. The van der Waals surface area contributed by atoms with Crippen molar-refractivity contribution in [2.45, 2.75) is 25.5 Å². The zero-order valence-electron chi connectivity index (χ0n) is 15.9. The summed E-state index contributed by atoms with van der Waals surface area (Å²) >= 11 is 0. The molecule has 1 unspecified atom stereocenters. The van der Waals surface area contributed by atoms with E-state index >= 15 is 0 Å². The van der Waals surface area contributed by atoms with Gasteiger partial charge in [-0.25, -0.2) is 9.37 Å². The largest absolute Gasteiger partial charge is 0.488 e. The van der Waals surface area contributed by atoms with E-state index in [4.69, 9.17) is 9.72 Å². The molecule has 1 aromatic heterocycles. The van der Waals surface area contributed by atoms with E-state index in [1.165, 1.54) is 23.3 Å². The van der Waals surface area contributed by atoms with Gasteiger partial charge >= 0.3 is 0 Å². The van der Waals surface area contributed by atoms with Gasteiger partial charge in [-0.2, -0.15) is 0 Å².